The number of ether oxygens (including phenoxy) is 2. The molecule has 2 aromatic carbocycles. The number of fused-ring (bicyclic) bond motifs is 1. The molecule has 1 aliphatic heterocycles. The minimum absolute atomic E-state index is 0.151. The van der Waals surface area contributed by atoms with E-state index < -0.39 is 5.25 Å². The lowest BCUT2D eigenvalue weighted by Crippen LogP contribution is -2.23. The van der Waals surface area contributed by atoms with E-state index >= 15 is 0 Å². The number of aromatic nitrogens is 4. The average molecular weight is 426 g/mol. The number of hydrogen-bond acceptors (Lipinski definition) is 7. The Hall–Kier alpha value is -3.07. The molecule has 0 bridgehead atoms. The van der Waals surface area contributed by atoms with Crippen molar-refractivity contribution in [3.8, 4) is 17.2 Å². The van der Waals surface area contributed by atoms with Gasteiger partial charge in [-0.05, 0) is 53.1 Å². The Balaban J connectivity index is 1.43. The number of hydrogen-bond donors (Lipinski definition) is 1. The van der Waals surface area contributed by atoms with Gasteiger partial charge in [0, 0.05) is 11.8 Å². The molecule has 0 fully saturated rings. The second-order valence-electron chi connectivity index (χ2n) is 7.23. The molecule has 3 aromatic rings. The number of anilines is 1. The third-order valence-electron chi connectivity index (χ3n) is 4.71. The number of amides is 1. The van der Waals surface area contributed by atoms with Gasteiger partial charge in [0.05, 0.1) is 10.9 Å². The summed E-state index contributed by atoms with van der Waals surface area (Å²) in [6.07, 6.45) is 0. The maximum Gasteiger partial charge on any atom is 0.237 e. The second kappa shape index (κ2) is 8.74. The molecule has 9 heteroatoms. The van der Waals surface area contributed by atoms with Crippen LogP contribution in [0.4, 0.5) is 5.69 Å². The number of tetrazole rings is 1. The number of carbonyl (C=O) groups excluding carboxylic acids is 1. The quantitative estimate of drug-likeness (QED) is 0.603. The first-order chi connectivity index (χ1) is 14.5. The molecule has 2 heterocycles. The number of carbonyl (C=O) groups is 1. The third kappa shape index (κ3) is 4.40. The normalized spacial score (nSPS) is 13.9. The molecule has 0 spiro atoms. The molecule has 0 saturated heterocycles. The molecule has 1 aliphatic rings. The van der Waals surface area contributed by atoms with Crippen molar-refractivity contribution in [3.05, 3.63) is 48.0 Å². The van der Waals surface area contributed by atoms with Gasteiger partial charge in [0.2, 0.25) is 11.1 Å². The van der Waals surface area contributed by atoms with Gasteiger partial charge in [0.15, 0.2) is 11.5 Å². The SMILES string of the molecule is CC(Sc1nnnn1-c1ccc(C(C)C)cc1)C(=O)Nc1ccc2c(c1)OCCO2. The van der Waals surface area contributed by atoms with Crippen molar-refractivity contribution >= 4 is 23.4 Å². The van der Waals surface area contributed by atoms with Gasteiger partial charge in [-0.3, -0.25) is 4.79 Å². The van der Waals surface area contributed by atoms with Crippen molar-refractivity contribution in [2.24, 2.45) is 0 Å². The molecule has 1 aromatic heterocycles. The van der Waals surface area contributed by atoms with Gasteiger partial charge in [0.1, 0.15) is 13.2 Å². The van der Waals surface area contributed by atoms with E-state index in [0.29, 0.717) is 41.5 Å². The smallest absolute Gasteiger partial charge is 0.237 e. The lowest BCUT2D eigenvalue weighted by molar-refractivity contribution is -0.115. The monoisotopic (exact) mass is 425 g/mol. The van der Waals surface area contributed by atoms with Crippen LogP contribution in [0.25, 0.3) is 5.69 Å². The number of nitrogens with zero attached hydrogens (tertiary/aromatic N) is 4. The van der Waals surface area contributed by atoms with Crippen LogP contribution in [0.3, 0.4) is 0 Å². The summed E-state index contributed by atoms with van der Waals surface area (Å²) >= 11 is 1.30. The van der Waals surface area contributed by atoms with E-state index in [9.17, 15) is 4.79 Å². The van der Waals surface area contributed by atoms with E-state index in [4.69, 9.17) is 9.47 Å². The maximum atomic E-state index is 12.7. The van der Waals surface area contributed by atoms with E-state index in [1.807, 2.05) is 19.1 Å². The third-order valence-corrected chi connectivity index (χ3v) is 5.74. The highest BCUT2D eigenvalue weighted by Gasteiger charge is 2.20. The highest BCUT2D eigenvalue weighted by Crippen LogP contribution is 2.33. The fourth-order valence-electron chi connectivity index (χ4n) is 2.99. The molecule has 0 radical (unpaired) electrons. The van der Waals surface area contributed by atoms with Crippen LogP contribution >= 0.6 is 11.8 Å². The summed E-state index contributed by atoms with van der Waals surface area (Å²) < 4.78 is 12.7. The largest absolute Gasteiger partial charge is 0.486 e. The number of benzene rings is 2. The van der Waals surface area contributed by atoms with Gasteiger partial charge in [0.25, 0.3) is 0 Å². The van der Waals surface area contributed by atoms with Gasteiger partial charge >= 0.3 is 0 Å². The Morgan fingerprint density at radius 1 is 1.07 bits per heavy atom. The maximum absolute atomic E-state index is 12.7. The van der Waals surface area contributed by atoms with Crippen LogP contribution in [-0.2, 0) is 4.79 Å². The number of nitrogens with one attached hydrogen (secondary N) is 1. The van der Waals surface area contributed by atoms with Crippen molar-refractivity contribution in [2.75, 3.05) is 18.5 Å². The first-order valence-electron chi connectivity index (χ1n) is 9.77. The van der Waals surface area contributed by atoms with Crippen molar-refractivity contribution in [1.82, 2.24) is 20.2 Å². The fraction of sp³-hybridized carbons (Fsp3) is 0.333. The van der Waals surface area contributed by atoms with Crippen molar-refractivity contribution in [2.45, 2.75) is 37.1 Å². The van der Waals surface area contributed by atoms with Gasteiger partial charge in [-0.25, -0.2) is 0 Å². The van der Waals surface area contributed by atoms with E-state index in [-0.39, 0.29) is 5.91 Å². The number of rotatable bonds is 6. The van der Waals surface area contributed by atoms with Crippen LogP contribution in [0.5, 0.6) is 11.5 Å². The van der Waals surface area contributed by atoms with Gasteiger partial charge < -0.3 is 14.8 Å². The van der Waals surface area contributed by atoms with E-state index in [1.54, 1.807) is 22.9 Å². The van der Waals surface area contributed by atoms with Crippen LogP contribution in [0.1, 0.15) is 32.3 Å². The molecular formula is C21H23N5O3S. The molecular weight excluding hydrogens is 402 g/mol. The average Bonchev–Trinajstić information content (AvgIpc) is 3.21. The predicted molar refractivity (Wildman–Crippen MR) is 115 cm³/mol. The topological polar surface area (TPSA) is 91.2 Å². The van der Waals surface area contributed by atoms with Crippen LogP contribution < -0.4 is 14.8 Å². The van der Waals surface area contributed by atoms with Crippen LogP contribution in [0.2, 0.25) is 0 Å². The Morgan fingerprint density at radius 2 is 1.80 bits per heavy atom. The van der Waals surface area contributed by atoms with Gasteiger partial charge in [-0.15, -0.1) is 5.10 Å². The Kier molecular flexibility index (Phi) is 5.89. The Labute approximate surface area is 179 Å². The zero-order chi connectivity index (χ0) is 21.1. The first kappa shape index (κ1) is 20.2. The molecule has 1 amide bonds. The number of thioether (sulfide) groups is 1. The fourth-order valence-corrected chi connectivity index (χ4v) is 3.80. The molecule has 8 nitrogen and oxygen atoms in total. The summed E-state index contributed by atoms with van der Waals surface area (Å²) in [5.74, 6) is 1.62. The van der Waals surface area contributed by atoms with Crippen LogP contribution in [0.15, 0.2) is 47.6 Å². The zero-order valence-corrected chi connectivity index (χ0v) is 17.8. The molecule has 1 N–H and O–H groups in total. The van der Waals surface area contributed by atoms with E-state index in [0.717, 1.165) is 5.69 Å². The molecule has 1 unspecified atom stereocenters. The molecule has 4 rings (SSSR count). The van der Waals surface area contributed by atoms with Gasteiger partial charge in [-0.1, -0.05) is 37.7 Å². The molecule has 156 valence electrons. The summed E-state index contributed by atoms with van der Waals surface area (Å²) in [4.78, 5) is 12.7. The lowest BCUT2D eigenvalue weighted by Gasteiger charge is -2.19. The summed E-state index contributed by atoms with van der Waals surface area (Å²) in [6, 6.07) is 13.4. The van der Waals surface area contributed by atoms with Crippen LogP contribution in [0, 0.1) is 0 Å². The molecule has 1 atom stereocenters. The predicted octanol–water partition coefficient (Wildman–Crippen LogP) is 3.68. The Morgan fingerprint density at radius 3 is 2.53 bits per heavy atom. The van der Waals surface area contributed by atoms with Crippen molar-refractivity contribution < 1.29 is 14.3 Å². The second-order valence-corrected chi connectivity index (χ2v) is 8.54. The summed E-state index contributed by atoms with van der Waals surface area (Å²) in [5, 5.41) is 15.0. The Bertz CT molecular complexity index is 1040. The van der Waals surface area contributed by atoms with Crippen molar-refractivity contribution in [3.63, 3.8) is 0 Å². The van der Waals surface area contributed by atoms with E-state index in [1.165, 1.54) is 17.3 Å². The minimum Gasteiger partial charge on any atom is -0.486 e. The molecule has 0 saturated carbocycles. The molecule has 30 heavy (non-hydrogen) atoms. The van der Waals surface area contributed by atoms with Crippen LogP contribution in [-0.4, -0.2) is 44.6 Å². The summed E-state index contributed by atoms with van der Waals surface area (Å²) in [6.45, 7) is 7.14. The summed E-state index contributed by atoms with van der Waals surface area (Å²) in [5.41, 5.74) is 2.75. The zero-order valence-electron chi connectivity index (χ0n) is 17.0. The standard InChI is InChI=1S/C21H23N5O3S/c1-13(2)15-4-7-17(8-5-15)26-21(23-24-25-26)30-14(3)20(27)22-16-6-9-18-19(12-16)29-11-10-28-18/h4-9,12-14H,10-11H2,1-3H3,(H,22,27). The summed E-state index contributed by atoms with van der Waals surface area (Å²) in [7, 11) is 0. The molecule has 0 aliphatic carbocycles. The van der Waals surface area contributed by atoms with E-state index in [2.05, 4.69) is 46.8 Å². The highest BCUT2D eigenvalue weighted by atomic mass is 32.2. The van der Waals surface area contributed by atoms with Gasteiger partial charge in [-0.2, -0.15) is 4.68 Å². The van der Waals surface area contributed by atoms with Crippen molar-refractivity contribution in [1.29, 1.82) is 0 Å². The minimum atomic E-state index is -0.405. The highest BCUT2D eigenvalue weighted by molar-refractivity contribution is 8.00. The first-order valence-corrected chi connectivity index (χ1v) is 10.6. The lowest BCUT2D eigenvalue weighted by atomic mass is 10.0.